The van der Waals surface area contributed by atoms with Crippen LogP contribution in [-0.4, -0.2) is 43.5 Å². The molecule has 3 aromatic rings. The first-order valence-electron chi connectivity index (χ1n) is 10.2. The van der Waals surface area contributed by atoms with Crippen molar-refractivity contribution < 1.29 is 20.3 Å². The maximum atomic E-state index is 7.90. The van der Waals surface area contributed by atoms with Crippen LogP contribution in [0.15, 0.2) is 91.0 Å². The van der Waals surface area contributed by atoms with Gasteiger partial charge in [0.05, 0.1) is 11.2 Å². The SMILES string of the molecule is CC(C)(C)OO.CC(C)(C)OO.c1cc[c]([Bi]([c]2ccccc2)[c]2ccccc2)cc1. The van der Waals surface area contributed by atoms with Crippen LogP contribution in [0.5, 0.6) is 0 Å². The molecule has 3 aromatic carbocycles. The zero-order valence-corrected chi connectivity index (χ0v) is 22.8. The summed E-state index contributed by atoms with van der Waals surface area (Å²) in [6, 6.07) is 33.0. The second kappa shape index (κ2) is 13.7. The minimum absolute atomic E-state index is 0.403. The molecule has 0 atom stereocenters. The Morgan fingerprint density at radius 3 is 0.839 bits per heavy atom. The number of benzene rings is 3. The third-order valence-electron chi connectivity index (χ3n) is 3.59. The summed E-state index contributed by atoms with van der Waals surface area (Å²) in [6.07, 6.45) is 0. The molecular formula is C26H35BiO4. The summed E-state index contributed by atoms with van der Waals surface area (Å²) in [5.41, 5.74) is -0.806. The Kier molecular flexibility index (Phi) is 12.1. The monoisotopic (exact) mass is 620 g/mol. The van der Waals surface area contributed by atoms with Gasteiger partial charge in [-0.3, -0.25) is 10.5 Å². The van der Waals surface area contributed by atoms with Crippen LogP contribution in [0.4, 0.5) is 0 Å². The second-order valence-corrected chi connectivity index (χ2v) is 17.4. The van der Waals surface area contributed by atoms with Crippen LogP contribution in [0.25, 0.3) is 0 Å². The van der Waals surface area contributed by atoms with Gasteiger partial charge in [0.2, 0.25) is 0 Å². The van der Waals surface area contributed by atoms with Crippen molar-refractivity contribution in [3.8, 4) is 0 Å². The molecule has 4 nitrogen and oxygen atoms in total. The van der Waals surface area contributed by atoms with Crippen molar-refractivity contribution >= 4 is 31.6 Å². The van der Waals surface area contributed by atoms with Gasteiger partial charge in [-0.05, 0) is 41.5 Å². The molecule has 5 heteroatoms. The summed E-state index contributed by atoms with van der Waals surface area (Å²) in [5, 5.41) is 15.8. The Bertz CT molecular complexity index is 718. The Morgan fingerprint density at radius 1 is 0.484 bits per heavy atom. The third kappa shape index (κ3) is 12.1. The molecule has 0 fully saturated rings. The quantitative estimate of drug-likeness (QED) is 0.252. The van der Waals surface area contributed by atoms with E-state index < -0.39 is 33.0 Å². The van der Waals surface area contributed by atoms with Gasteiger partial charge in [-0.1, -0.05) is 0 Å². The maximum absolute atomic E-state index is 7.90. The van der Waals surface area contributed by atoms with Crippen LogP contribution in [0.2, 0.25) is 0 Å². The van der Waals surface area contributed by atoms with Crippen molar-refractivity contribution in [3.63, 3.8) is 0 Å². The van der Waals surface area contributed by atoms with Crippen LogP contribution in [-0.2, 0) is 9.78 Å². The molecule has 168 valence electrons. The van der Waals surface area contributed by atoms with Crippen molar-refractivity contribution in [2.75, 3.05) is 0 Å². The average molecular weight is 621 g/mol. The molecule has 0 amide bonds. The van der Waals surface area contributed by atoms with Crippen LogP contribution < -0.4 is 9.81 Å². The molecule has 0 heterocycles. The van der Waals surface area contributed by atoms with E-state index in [0.29, 0.717) is 0 Å². The van der Waals surface area contributed by atoms with Gasteiger partial charge in [0, 0.05) is 0 Å². The minimum atomic E-state index is -2.06. The molecule has 0 aliphatic heterocycles. The summed E-state index contributed by atoms with van der Waals surface area (Å²) in [5.74, 6) is 0. The van der Waals surface area contributed by atoms with E-state index in [4.69, 9.17) is 10.5 Å². The molecule has 3 rings (SSSR count). The van der Waals surface area contributed by atoms with Crippen LogP contribution >= 0.6 is 0 Å². The number of hydrogen-bond donors (Lipinski definition) is 2. The summed E-state index contributed by atoms with van der Waals surface area (Å²) in [7, 11) is 0. The standard InChI is InChI=1S/3C6H5.2C4H10O2.Bi/c3*1-2-4-6-5-3-1;2*1-4(2,3)6-5;/h3*1-5H;2*5H,1-3H3;. The van der Waals surface area contributed by atoms with Gasteiger partial charge in [-0.15, -0.1) is 0 Å². The van der Waals surface area contributed by atoms with Gasteiger partial charge >= 0.3 is 123 Å². The first kappa shape index (κ1) is 27.4. The Morgan fingerprint density at radius 2 is 0.677 bits per heavy atom. The predicted octanol–water partition coefficient (Wildman–Crippen LogP) is 4.75. The summed E-state index contributed by atoms with van der Waals surface area (Å²) >= 11 is -2.06. The molecule has 0 bridgehead atoms. The fourth-order valence-electron chi connectivity index (χ4n) is 2.18. The molecule has 0 aromatic heterocycles. The van der Waals surface area contributed by atoms with Crippen LogP contribution in [0, 0.1) is 0 Å². The fraction of sp³-hybridized carbons (Fsp3) is 0.308. The van der Waals surface area contributed by atoms with Crippen molar-refractivity contribution in [2.45, 2.75) is 52.7 Å². The van der Waals surface area contributed by atoms with E-state index in [1.165, 1.54) is 9.81 Å². The van der Waals surface area contributed by atoms with E-state index in [-0.39, 0.29) is 0 Å². The molecule has 0 aliphatic carbocycles. The number of rotatable bonds is 3. The normalized spacial score (nSPS) is 11.1. The van der Waals surface area contributed by atoms with Crippen LogP contribution in [0.3, 0.4) is 0 Å². The molecule has 0 aliphatic rings. The average Bonchev–Trinajstić information content (AvgIpc) is 2.76. The van der Waals surface area contributed by atoms with E-state index in [1.807, 2.05) is 0 Å². The Balaban J connectivity index is 0.000000333. The molecule has 31 heavy (non-hydrogen) atoms. The van der Waals surface area contributed by atoms with Crippen molar-refractivity contribution in [1.29, 1.82) is 0 Å². The Labute approximate surface area is 195 Å². The number of hydrogen-bond acceptors (Lipinski definition) is 4. The van der Waals surface area contributed by atoms with Gasteiger partial charge in [-0.25, -0.2) is 9.78 Å². The third-order valence-corrected chi connectivity index (χ3v) is 13.1. The first-order valence-corrected chi connectivity index (χ1v) is 15.4. The molecule has 0 radical (unpaired) electrons. The summed E-state index contributed by atoms with van der Waals surface area (Å²) < 4.78 is 4.61. The van der Waals surface area contributed by atoms with Crippen molar-refractivity contribution in [2.24, 2.45) is 0 Å². The fourth-order valence-corrected chi connectivity index (χ4v) is 11.1. The van der Waals surface area contributed by atoms with E-state index >= 15 is 0 Å². The molecule has 0 spiro atoms. The van der Waals surface area contributed by atoms with Crippen molar-refractivity contribution in [1.82, 2.24) is 0 Å². The predicted molar refractivity (Wildman–Crippen MR) is 131 cm³/mol. The first-order chi connectivity index (χ1) is 14.6. The van der Waals surface area contributed by atoms with E-state index in [1.54, 1.807) is 41.5 Å². The van der Waals surface area contributed by atoms with Gasteiger partial charge in [0.15, 0.2) is 0 Å². The Hall–Kier alpha value is -1.62. The van der Waals surface area contributed by atoms with Crippen LogP contribution in [0.1, 0.15) is 41.5 Å². The van der Waals surface area contributed by atoms with E-state index in [0.717, 1.165) is 0 Å². The van der Waals surface area contributed by atoms with Crippen molar-refractivity contribution in [3.05, 3.63) is 91.0 Å². The van der Waals surface area contributed by atoms with Gasteiger partial charge < -0.3 is 0 Å². The van der Waals surface area contributed by atoms with E-state index in [9.17, 15) is 0 Å². The van der Waals surface area contributed by atoms with Gasteiger partial charge in [0.25, 0.3) is 0 Å². The zero-order valence-electron chi connectivity index (χ0n) is 19.3. The molecular weight excluding hydrogens is 585 g/mol. The zero-order chi connectivity index (χ0) is 23.3. The summed E-state index contributed by atoms with van der Waals surface area (Å²) in [4.78, 5) is 7.88. The second-order valence-electron chi connectivity index (χ2n) is 8.75. The molecule has 0 unspecified atom stereocenters. The van der Waals surface area contributed by atoms with E-state index in [2.05, 4.69) is 101 Å². The molecule has 0 saturated carbocycles. The summed E-state index contributed by atoms with van der Waals surface area (Å²) in [6.45, 7) is 10.6. The van der Waals surface area contributed by atoms with Gasteiger partial charge in [-0.2, -0.15) is 0 Å². The topological polar surface area (TPSA) is 58.9 Å². The molecule has 2 N–H and O–H groups in total. The molecule has 0 saturated heterocycles. The van der Waals surface area contributed by atoms with Gasteiger partial charge in [0.1, 0.15) is 0 Å².